The summed E-state index contributed by atoms with van der Waals surface area (Å²) in [5.74, 6) is 0.890. The van der Waals surface area contributed by atoms with Crippen LogP contribution in [0.5, 0.6) is 0 Å². The lowest BCUT2D eigenvalue weighted by Gasteiger charge is -2.01. The van der Waals surface area contributed by atoms with Crippen LogP contribution in [0.2, 0.25) is 0 Å². The van der Waals surface area contributed by atoms with Crippen molar-refractivity contribution in [3.05, 3.63) is 0 Å². The Bertz CT molecular complexity index is 103. The number of ether oxygens (including phenoxy) is 1. The maximum atomic E-state index is 10.9. The summed E-state index contributed by atoms with van der Waals surface area (Å²) in [6, 6.07) is 0. The van der Waals surface area contributed by atoms with Crippen LogP contribution in [-0.4, -0.2) is 17.7 Å². The van der Waals surface area contributed by atoms with E-state index in [1.54, 1.807) is 0 Å². The monoisotopic (exact) mass is 190 g/mol. The molecule has 0 radical (unpaired) electrons. The Kier molecular flexibility index (Phi) is 8.78. The van der Waals surface area contributed by atoms with Gasteiger partial charge in [0.25, 0.3) is 0 Å². The summed E-state index contributed by atoms with van der Waals surface area (Å²) in [6.45, 7) is 4.77. The molecule has 0 aromatic rings. The minimum Gasteiger partial charge on any atom is -0.458 e. The standard InChI is InChI=1S/C9H18O2S/c1-3-5-7-11-9(10)12-8-6-4-2/h3-8H2,1-2H3. The molecule has 0 fully saturated rings. The molecular weight excluding hydrogens is 172 g/mol. The largest absolute Gasteiger partial charge is 0.458 e. The minimum atomic E-state index is -0.114. The summed E-state index contributed by atoms with van der Waals surface area (Å²) in [7, 11) is 0. The zero-order valence-electron chi connectivity index (χ0n) is 7.97. The zero-order valence-corrected chi connectivity index (χ0v) is 8.78. The number of rotatable bonds is 6. The van der Waals surface area contributed by atoms with Crippen LogP contribution in [0.1, 0.15) is 39.5 Å². The van der Waals surface area contributed by atoms with Gasteiger partial charge in [0.1, 0.15) is 0 Å². The molecule has 0 aromatic heterocycles. The predicted molar refractivity (Wildman–Crippen MR) is 53.6 cm³/mol. The van der Waals surface area contributed by atoms with Gasteiger partial charge in [-0.15, -0.1) is 0 Å². The summed E-state index contributed by atoms with van der Waals surface area (Å²) in [5, 5.41) is -0.114. The summed E-state index contributed by atoms with van der Waals surface area (Å²) in [5.41, 5.74) is 0. The van der Waals surface area contributed by atoms with Gasteiger partial charge < -0.3 is 4.74 Å². The molecule has 0 bridgehead atoms. The van der Waals surface area contributed by atoms with Crippen molar-refractivity contribution in [3.8, 4) is 0 Å². The first-order chi connectivity index (χ1) is 5.81. The van der Waals surface area contributed by atoms with Gasteiger partial charge in [-0.1, -0.05) is 26.7 Å². The molecule has 0 aliphatic heterocycles. The fourth-order valence-corrected chi connectivity index (χ4v) is 1.41. The van der Waals surface area contributed by atoms with Gasteiger partial charge in [-0.3, -0.25) is 0 Å². The second kappa shape index (κ2) is 8.91. The summed E-state index contributed by atoms with van der Waals surface area (Å²) in [4.78, 5) is 10.9. The van der Waals surface area contributed by atoms with Crippen LogP contribution < -0.4 is 0 Å². The Hall–Kier alpha value is -0.180. The maximum absolute atomic E-state index is 10.9. The number of carbonyl (C=O) groups is 1. The third-order valence-electron chi connectivity index (χ3n) is 1.44. The molecule has 72 valence electrons. The van der Waals surface area contributed by atoms with Crippen LogP contribution in [0.4, 0.5) is 4.79 Å². The highest BCUT2D eigenvalue weighted by Gasteiger charge is 2.01. The maximum Gasteiger partial charge on any atom is 0.367 e. The molecule has 12 heavy (non-hydrogen) atoms. The molecule has 0 aromatic carbocycles. The molecule has 0 spiro atoms. The molecule has 3 heteroatoms. The van der Waals surface area contributed by atoms with Crippen molar-refractivity contribution in [1.29, 1.82) is 0 Å². The molecule has 0 amide bonds. The van der Waals surface area contributed by atoms with Crippen molar-refractivity contribution in [1.82, 2.24) is 0 Å². The van der Waals surface area contributed by atoms with E-state index in [1.165, 1.54) is 11.8 Å². The molecule has 0 aliphatic rings. The molecule has 2 nitrogen and oxygen atoms in total. The lowest BCUT2D eigenvalue weighted by Crippen LogP contribution is -1.99. The van der Waals surface area contributed by atoms with E-state index in [4.69, 9.17) is 4.74 Å². The van der Waals surface area contributed by atoms with E-state index in [0.29, 0.717) is 6.61 Å². The van der Waals surface area contributed by atoms with Gasteiger partial charge in [-0.05, 0) is 24.6 Å². The van der Waals surface area contributed by atoms with Gasteiger partial charge in [-0.25, -0.2) is 4.79 Å². The molecule has 0 aliphatic carbocycles. The third-order valence-corrected chi connectivity index (χ3v) is 2.28. The van der Waals surface area contributed by atoms with Gasteiger partial charge in [-0.2, -0.15) is 0 Å². The highest BCUT2D eigenvalue weighted by atomic mass is 32.2. The Morgan fingerprint density at radius 3 is 2.50 bits per heavy atom. The van der Waals surface area contributed by atoms with Gasteiger partial charge in [0.15, 0.2) is 0 Å². The van der Waals surface area contributed by atoms with E-state index in [2.05, 4.69) is 13.8 Å². The van der Waals surface area contributed by atoms with E-state index >= 15 is 0 Å². The van der Waals surface area contributed by atoms with Crippen molar-refractivity contribution >= 4 is 17.1 Å². The van der Waals surface area contributed by atoms with Gasteiger partial charge in [0.2, 0.25) is 0 Å². The number of hydrogen-bond donors (Lipinski definition) is 0. The Morgan fingerprint density at radius 2 is 1.92 bits per heavy atom. The zero-order chi connectivity index (χ0) is 9.23. The molecule has 0 saturated carbocycles. The van der Waals surface area contributed by atoms with Crippen molar-refractivity contribution in [2.45, 2.75) is 39.5 Å². The van der Waals surface area contributed by atoms with Gasteiger partial charge in [0, 0.05) is 5.75 Å². The van der Waals surface area contributed by atoms with Crippen LogP contribution >= 0.6 is 11.8 Å². The van der Waals surface area contributed by atoms with Crippen molar-refractivity contribution in [3.63, 3.8) is 0 Å². The first kappa shape index (κ1) is 11.8. The highest BCUT2D eigenvalue weighted by Crippen LogP contribution is 2.08. The number of carbonyl (C=O) groups excluding carboxylic acids is 1. The lowest BCUT2D eigenvalue weighted by molar-refractivity contribution is 0.173. The number of unbranched alkanes of at least 4 members (excludes halogenated alkanes) is 2. The normalized spacial score (nSPS) is 9.83. The minimum absolute atomic E-state index is 0.114. The average Bonchev–Trinajstić information content (AvgIpc) is 2.06. The SMILES string of the molecule is CCCCOC(=O)SCCCC. The quantitative estimate of drug-likeness (QED) is 0.474. The van der Waals surface area contributed by atoms with E-state index < -0.39 is 0 Å². The average molecular weight is 190 g/mol. The van der Waals surface area contributed by atoms with E-state index in [-0.39, 0.29) is 5.30 Å². The number of hydrogen-bond acceptors (Lipinski definition) is 3. The molecule has 0 atom stereocenters. The fourth-order valence-electron chi connectivity index (χ4n) is 0.641. The van der Waals surface area contributed by atoms with E-state index in [0.717, 1.165) is 31.4 Å². The molecule has 0 N–H and O–H groups in total. The topological polar surface area (TPSA) is 26.3 Å². The fraction of sp³-hybridized carbons (Fsp3) is 0.889. The van der Waals surface area contributed by atoms with Gasteiger partial charge in [0.05, 0.1) is 6.61 Å². The van der Waals surface area contributed by atoms with E-state index in [1.807, 2.05) is 0 Å². The van der Waals surface area contributed by atoms with Crippen LogP contribution in [0.15, 0.2) is 0 Å². The first-order valence-corrected chi connectivity index (χ1v) is 5.59. The van der Waals surface area contributed by atoms with Crippen LogP contribution in [0.25, 0.3) is 0 Å². The molecule has 0 heterocycles. The van der Waals surface area contributed by atoms with Gasteiger partial charge >= 0.3 is 5.30 Å². The number of thioether (sulfide) groups is 1. The van der Waals surface area contributed by atoms with Crippen molar-refractivity contribution in [2.24, 2.45) is 0 Å². The van der Waals surface area contributed by atoms with Crippen LogP contribution in [-0.2, 0) is 4.74 Å². The second-order valence-electron chi connectivity index (χ2n) is 2.65. The van der Waals surface area contributed by atoms with Crippen molar-refractivity contribution < 1.29 is 9.53 Å². The Balaban J connectivity index is 3.10. The van der Waals surface area contributed by atoms with Crippen LogP contribution in [0.3, 0.4) is 0 Å². The summed E-state index contributed by atoms with van der Waals surface area (Å²) in [6.07, 6.45) is 4.27. The predicted octanol–water partition coefficient (Wildman–Crippen LogP) is 3.46. The van der Waals surface area contributed by atoms with Crippen molar-refractivity contribution in [2.75, 3.05) is 12.4 Å². The summed E-state index contributed by atoms with van der Waals surface area (Å²) >= 11 is 1.29. The lowest BCUT2D eigenvalue weighted by atomic mass is 10.4. The Morgan fingerprint density at radius 1 is 1.25 bits per heavy atom. The first-order valence-electron chi connectivity index (χ1n) is 4.60. The smallest absolute Gasteiger partial charge is 0.367 e. The molecular formula is C9H18O2S. The van der Waals surface area contributed by atoms with Crippen LogP contribution in [0, 0.1) is 0 Å². The summed E-state index contributed by atoms with van der Waals surface area (Å²) < 4.78 is 4.95. The van der Waals surface area contributed by atoms with E-state index in [9.17, 15) is 4.79 Å². The third kappa shape index (κ3) is 7.92. The highest BCUT2D eigenvalue weighted by molar-refractivity contribution is 8.13. The molecule has 0 unspecified atom stereocenters. The Labute approximate surface area is 79.1 Å². The molecule has 0 rings (SSSR count). The molecule has 0 saturated heterocycles. The second-order valence-corrected chi connectivity index (χ2v) is 3.68.